The van der Waals surface area contributed by atoms with Crippen LogP contribution in [0.5, 0.6) is 0 Å². The van der Waals surface area contributed by atoms with Crippen molar-refractivity contribution in [1.29, 1.82) is 0 Å². The van der Waals surface area contributed by atoms with Crippen LogP contribution in [0.4, 0.5) is 0 Å². The van der Waals surface area contributed by atoms with Gasteiger partial charge in [-0.05, 0) is 45.3 Å². The number of likely N-dealkylation sites (tertiary alicyclic amines) is 1. The van der Waals surface area contributed by atoms with Crippen LogP contribution in [-0.4, -0.2) is 74.7 Å². The van der Waals surface area contributed by atoms with Gasteiger partial charge >= 0.3 is 0 Å². The van der Waals surface area contributed by atoms with Crippen molar-refractivity contribution in [2.75, 3.05) is 40.8 Å². The van der Waals surface area contributed by atoms with Gasteiger partial charge in [0.25, 0.3) is 0 Å². The molecule has 0 bridgehead atoms. The number of halogens is 1. The number of hydrogen-bond acceptors (Lipinski definition) is 3. The summed E-state index contributed by atoms with van der Waals surface area (Å²) < 4.78 is 0. The Morgan fingerprint density at radius 2 is 1.89 bits per heavy atom. The molecule has 0 aromatic heterocycles. The summed E-state index contributed by atoms with van der Waals surface area (Å²) in [4.78, 5) is 9.46. The summed E-state index contributed by atoms with van der Waals surface area (Å²) in [6, 6.07) is 12.5. The molecular weight excluding hydrogens is 461 g/mol. The second-order valence-electron chi connectivity index (χ2n) is 8.32. The zero-order chi connectivity index (χ0) is 19.1. The van der Waals surface area contributed by atoms with Crippen molar-refractivity contribution in [2.45, 2.75) is 56.7 Å². The van der Waals surface area contributed by atoms with Crippen molar-refractivity contribution in [3.63, 3.8) is 0 Å². The third kappa shape index (κ3) is 6.88. The first kappa shape index (κ1) is 23.4. The predicted octanol–water partition coefficient (Wildman–Crippen LogP) is 2.96. The monoisotopic (exact) mass is 499 g/mol. The van der Waals surface area contributed by atoms with E-state index in [1.54, 1.807) is 0 Å². The predicted molar refractivity (Wildman–Crippen MR) is 130 cm³/mol. The summed E-state index contributed by atoms with van der Waals surface area (Å²) in [5.74, 6) is 0.938. The normalized spacial score (nSPS) is 22.3. The highest BCUT2D eigenvalue weighted by Crippen LogP contribution is 2.26. The Bertz CT molecular complexity index is 586. The first-order valence-electron chi connectivity index (χ1n) is 10.6. The molecule has 1 heterocycles. The van der Waals surface area contributed by atoms with E-state index in [9.17, 15) is 0 Å². The minimum absolute atomic E-state index is 0. The third-order valence-electron chi connectivity index (χ3n) is 6.17. The minimum atomic E-state index is 0. The number of hydrogen-bond donors (Lipinski definition) is 2. The Kier molecular flexibility index (Phi) is 10.0. The molecule has 1 saturated carbocycles. The fraction of sp³-hybridized carbons (Fsp3) is 0.682. The number of guanidine groups is 1. The van der Waals surface area contributed by atoms with Gasteiger partial charge in [0, 0.05) is 44.8 Å². The molecule has 0 spiro atoms. The molecule has 5 nitrogen and oxygen atoms in total. The van der Waals surface area contributed by atoms with Crippen LogP contribution in [0.25, 0.3) is 0 Å². The van der Waals surface area contributed by atoms with E-state index >= 15 is 0 Å². The van der Waals surface area contributed by atoms with Gasteiger partial charge in [-0.25, -0.2) is 0 Å². The van der Waals surface area contributed by atoms with Crippen LogP contribution in [0.2, 0.25) is 0 Å². The Balaban J connectivity index is 0.00000280. The van der Waals surface area contributed by atoms with Gasteiger partial charge in [-0.15, -0.1) is 24.0 Å². The molecule has 1 saturated heterocycles. The molecule has 2 aliphatic rings. The zero-order valence-electron chi connectivity index (χ0n) is 17.7. The van der Waals surface area contributed by atoms with Crippen molar-refractivity contribution in [3.05, 3.63) is 35.9 Å². The Morgan fingerprint density at radius 3 is 2.54 bits per heavy atom. The van der Waals surface area contributed by atoms with E-state index in [1.165, 1.54) is 44.2 Å². The lowest BCUT2D eigenvalue weighted by molar-refractivity contribution is 0.242. The van der Waals surface area contributed by atoms with Crippen LogP contribution in [0, 0.1) is 0 Å². The molecule has 1 aromatic rings. The van der Waals surface area contributed by atoms with Crippen molar-refractivity contribution in [1.82, 2.24) is 20.4 Å². The van der Waals surface area contributed by atoms with E-state index in [0.717, 1.165) is 31.5 Å². The van der Waals surface area contributed by atoms with Gasteiger partial charge < -0.3 is 15.5 Å². The van der Waals surface area contributed by atoms with E-state index in [-0.39, 0.29) is 24.0 Å². The van der Waals surface area contributed by atoms with Crippen LogP contribution in [0.3, 0.4) is 0 Å². The van der Waals surface area contributed by atoms with Crippen molar-refractivity contribution in [2.24, 2.45) is 4.99 Å². The number of nitrogens with one attached hydrogen (secondary N) is 2. The Morgan fingerprint density at radius 1 is 1.18 bits per heavy atom. The second-order valence-corrected chi connectivity index (χ2v) is 8.32. The number of benzene rings is 1. The fourth-order valence-electron chi connectivity index (χ4n) is 4.43. The van der Waals surface area contributed by atoms with Crippen molar-refractivity contribution >= 4 is 29.9 Å². The highest BCUT2D eigenvalue weighted by Gasteiger charge is 2.30. The average Bonchev–Trinajstić information content (AvgIpc) is 3.36. The van der Waals surface area contributed by atoms with Gasteiger partial charge in [-0.3, -0.25) is 9.89 Å². The fourth-order valence-corrected chi connectivity index (χ4v) is 4.43. The molecule has 2 fully saturated rings. The van der Waals surface area contributed by atoms with Gasteiger partial charge in [0.2, 0.25) is 0 Å². The summed E-state index contributed by atoms with van der Waals surface area (Å²) in [6.07, 6.45) is 7.87. The van der Waals surface area contributed by atoms with Gasteiger partial charge in [-0.2, -0.15) is 0 Å². The molecule has 28 heavy (non-hydrogen) atoms. The molecule has 158 valence electrons. The molecule has 0 radical (unpaired) electrons. The lowest BCUT2D eigenvalue weighted by Gasteiger charge is -2.27. The number of likely N-dealkylation sites (N-methyl/N-ethyl adjacent to an activating group) is 1. The second kappa shape index (κ2) is 12.0. The van der Waals surface area contributed by atoms with Gasteiger partial charge in [0.05, 0.1) is 0 Å². The maximum Gasteiger partial charge on any atom is 0.191 e. The van der Waals surface area contributed by atoms with Crippen molar-refractivity contribution < 1.29 is 0 Å². The lowest BCUT2D eigenvalue weighted by atomic mass is 10.1. The largest absolute Gasteiger partial charge is 0.355 e. The molecular formula is C22H38IN5. The molecule has 2 N–H and O–H groups in total. The van der Waals surface area contributed by atoms with E-state index in [4.69, 9.17) is 0 Å². The smallest absolute Gasteiger partial charge is 0.191 e. The van der Waals surface area contributed by atoms with Crippen LogP contribution < -0.4 is 10.6 Å². The van der Waals surface area contributed by atoms with E-state index in [2.05, 4.69) is 69.9 Å². The van der Waals surface area contributed by atoms with Gasteiger partial charge in [0.15, 0.2) is 5.96 Å². The SMILES string of the molecule is CN=C(NCC(Cc1ccccc1)N(C)C)NC1CCN(C2CCCC2)C1.I. The standard InChI is InChI=1S/C22H37N5.HI/c1-23-22(25-19-13-14-27(17-19)20-11-7-8-12-20)24-16-21(26(2)3)15-18-9-5-4-6-10-18;/h4-6,9-10,19-21H,7-8,11-17H2,1-3H3,(H2,23,24,25);1H. The highest BCUT2D eigenvalue weighted by molar-refractivity contribution is 14.0. The van der Waals surface area contributed by atoms with E-state index < -0.39 is 0 Å². The number of nitrogens with zero attached hydrogens (tertiary/aromatic N) is 3. The molecule has 0 amide bonds. The van der Waals surface area contributed by atoms with Crippen LogP contribution in [0.15, 0.2) is 35.3 Å². The third-order valence-corrected chi connectivity index (χ3v) is 6.17. The summed E-state index contributed by atoms with van der Waals surface area (Å²) in [5, 5.41) is 7.22. The highest BCUT2D eigenvalue weighted by atomic mass is 127. The summed E-state index contributed by atoms with van der Waals surface area (Å²) in [6.45, 7) is 3.28. The average molecular weight is 499 g/mol. The quantitative estimate of drug-likeness (QED) is 0.344. The molecule has 6 heteroatoms. The van der Waals surface area contributed by atoms with Crippen LogP contribution in [-0.2, 0) is 6.42 Å². The van der Waals surface area contributed by atoms with Crippen LogP contribution in [0.1, 0.15) is 37.7 Å². The summed E-state index contributed by atoms with van der Waals surface area (Å²) >= 11 is 0. The maximum absolute atomic E-state index is 4.47. The summed E-state index contributed by atoms with van der Waals surface area (Å²) in [5.41, 5.74) is 1.38. The van der Waals surface area contributed by atoms with Gasteiger partial charge in [0.1, 0.15) is 0 Å². The molecule has 2 unspecified atom stereocenters. The Labute approximate surface area is 188 Å². The Hall–Kier alpha value is -0.860. The minimum Gasteiger partial charge on any atom is -0.355 e. The topological polar surface area (TPSA) is 42.9 Å². The first-order chi connectivity index (χ1) is 13.2. The summed E-state index contributed by atoms with van der Waals surface area (Å²) in [7, 11) is 6.19. The molecule has 2 atom stereocenters. The molecule has 1 aliphatic carbocycles. The first-order valence-corrected chi connectivity index (χ1v) is 10.6. The van der Waals surface area contributed by atoms with Gasteiger partial charge in [-0.1, -0.05) is 43.2 Å². The maximum atomic E-state index is 4.47. The molecule has 1 aromatic carbocycles. The van der Waals surface area contributed by atoms with E-state index in [1.807, 2.05) is 7.05 Å². The van der Waals surface area contributed by atoms with E-state index in [0.29, 0.717) is 12.1 Å². The number of aliphatic imine (C=N–C) groups is 1. The van der Waals surface area contributed by atoms with Crippen LogP contribution >= 0.6 is 24.0 Å². The zero-order valence-corrected chi connectivity index (χ0v) is 20.1. The lowest BCUT2D eigenvalue weighted by Crippen LogP contribution is -2.49. The molecule has 3 rings (SSSR count). The number of rotatable bonds is 7. The molecule has 1 aliphatic heterocycles. The van der Waals surface area contributed by atoms with Crippen molar-refractivity contribution in [3.8, 4) is 0 Å².